The van der Waals surface area contributed by atoms with Gasteiger partial charge in [-0.25, -0.2) is 4.79 Å². The van der Waals surface area contributed by atoms with E-state index < -0.39 is 32.8 Å². The summed E-state index contributed by atoms with van der Waals surface area (Å²) in [7, 11) is -3.37. The molecule has 0 unspecified atom stereocenters. The maximum atomic E-state index is 12.0. The molecule has 0 aromatic heterocycles. The number of benzene rings is 1. The first-order chi connectivity index (χ1) is 10.6. The summed E-state index contributed by atoms with van der Waals surface area (Å²) in [6.45, 7) is 3.65. The van der Waals surface area contributed by atoms with Crippen molar-refractivity contribution in [3.63, 3.8) is 0 Å². The standard InChI is InChI=1S/C14H19NO7S.Na/c1-8(2)4-11(14(17)18)15-7-9-5-10(23(19,20)21)6-12(22-3)13(9)16;/h5-8,11,16H,4H2,1-3H3,(H,17,18)(H,19,20,21);/q;+1/p-1/t11-;/m0./s1. The molecule has 0 aliphatic carbocycles. The fourth-order valence-electron chi connectivity index (χ4n) is 1.84. The van der Waals surface area contributed by atoms with Crippen LogP contribution in [0, 0.1) is 5.92 Å². The van der Waals surface area contributed by atoms with E-state index in [9.17, 15) is 18.3 Å². The maximum Gasteiger partial charge on any atom is 1.00 e. The van der Waals surface area contributed by atoms with Crippen molar-refractivity contribution in [3.8, 4) is 11.5 Å². The van der Waals surface area contributed by atoms with Gasteiger partial charge >= 0.3 is 35.5 Å². The maximum absolute atomic E-state index is 12.0. The van der Waals surface area contributed by atoms with Gasteiger partial charge in [-0.3, -0.25) is 9.55 Å². The normalized spacial score (nSPS) is 12.9. The number of aliphatic imine (C=N–C) groups is 1. The van der Waals surface area contributed by atoms with Crippen molar-refractivity contribution in [2.75, 3.05) is 7.11 Å². The molecule has 1 atom stereocenters. The minimum absolute atomic E-state index is 0. The van der Waals surface area contributed by atoms with E-state index in [4.69, 9.17) is 14.4 Å². The summed E-state index contributed by atoms with van der Waals surface area (Å²) in [6.07, 6.45) is 1.25. The van der Waals surface area contributed by atoms with Crippen LogP contribution in [0.2, 0.25) is 0 Å². The summed E-state index contributed by atoms with van der Waals surface area (Å²) in [5.74, 6) is -2.03. The van der Waals surface area contributed by atoms with E-state index in [1.54, 1.807) is 0 Å². The van der Waals surface area contributed by atoms with Gasteiger partial charge in [0.25, 0.3) is 10.1 Å². The van der Waals surface area contributed by atoms with Gasteiger partial charge in [-0.05, 0) is 24.0 Å². The largest absolute Gasteiger partial charge is 1.00 e. The summed E-state index contributed by atoms with van der Waals surface area (Å²) in [6, 6.07) is 0.741. The SMILES string of the molecule is COc1cc(S(=O)(=O)O)cc(C=N[C@@H](CC(C)C)C(=O)O)c1[O-].[Na+]. The molecule has 8 nitrogen and oxygen atoms in total. The van der Waals surface area contributed by atoms with E-state index in [1.807, 2.05) is 13.8 Å². The minimum atomic E-state index is -4.55. The Balaban J connectivity index is 0.00000529. The van der Waals surface area contributed by atoms with E-state index >= 15 is 0 Å². The quantitative estimate of drug-likeness (QED) is 0.321. The van der Waals surface area contributed by atoms with Crippen LogP contribution in [0.3, 0.4) is 0 Å². The molecule has 1 aromatic rings. The van der Waals surface area contributed by atoms with Crippen molar-refractivity contribution >= 4 is 22.3 Å². The Morgan fingerprint density at radius 1 is 1.42 bits per heavy atom. The molecular weight excluding hydrogens is 349 g/mol. The van der Waals surface area contributed by atoms with Gasteiger partial charge in [-0.1, -0.05) is 19.6 Å². The van der Waals surface area contributed by atoms with Crippen LogP contribution in [0.1, 0.15) is 25.8 Å². The number of carboxylic acid groups (broad SMARTS) is 1. The van der Waals surface area contributed by atoms with Gasteiger partial charge in [-0.2, -0.15) is 8.42 Å². The zero-order chi connectivity index (χ0) is 17.8. The first-order valence-electron chi connectivity index (χ1n) is 6.68. The molecule has 0 aliphatic rings. The topological polar surface area (TPSA) is 136 Å². The molecule has 0 saturated heterocycles. The van der Waals surface area contributed by atoms with Gasteiger partial charge < -0.3 is 14.9 Å². The number of ether oxygens (including phenoxy) is 1. The molecule has 1 aromatic carbocycles. The van der Waals surface area contributed by atoms with Crippen LogP contribution in [0.4, 0.5) is 0 Å². The van der Waals surface area contributed by atoms with Gasteiger partial charge in [0.05, 0.1) is 12.0 Å². The Morgan fingerprint density at radius 2 is 2.00 bits per heavy atom. The van der Waals surface area contributed by atoms with Gasteiger partial charge in [0.2, 0.25) is 0 Å². The number of methoxy groups -OCH3 is 1. The van der Waals surface area contributed by atoms with Crippen LogP contribution in [-0.2, 0) is 14.9 Å². The second kappa shape index (κ2) is 9.38. The molecule has 2 N–H and O–H groups in total. The molecule has 0 spiro atoms. The average Bonchev–Trinajstić information content (AvgIpc) is 2.42. The first-order valence-corrected chi connectivity index (χ1v) is 8.12. The van der Waals surface area contributed by atoms with Gasteiger partial charge in [-0.15, -0.1) is 0 Å². The summed E-state index contributed by atoms with van der Waals surface area (Å²) < 4.78 is 36.3. The Bertz CT molecular complexity index is 716. The van der Waals surface area contributed by atoms with Crippen molar-refractivity contribution < 1.29 is 62.3 Å². The predicted molar refractivity (Wildman–Crippen MR) is 80.7 cm³/mol. The summed E-state index contributed by atoms with van der Waals surface area (Å²) >= 11 is 0. The van der Waals surface area contributed by atoms with E-state index in [2.05, 4.69) is 4.99 Å². The molecule has 0 radical (unpaired) electrons. The molecule has 10 heteroatoms. The van der Waals surface area contributed by atoms with Crippen LogP contribution in [0.15, 0.2) is 22.0 Å². The van der Waals surface area contributed by atoms with Crippen LogP contribution in [0.5, 0.6) is 11.5 Å². The number of aliphatic carboxylic acids is 1. The van der Waals surface area contributed by atoms with E-state index in [0.717, 1.165) is 18.3 Å². The number of hydrogen-bond acceptors (Lipinski definition) is 6. The summed E-state index contributed by atoms with van der Waals surface area (Å²) in [5.41, 5.74) is -0.188. The monoisotopic (exact) mass is 367 g/mol. The molecule has 1 rings (SSSR count). The van der Waals surface area contributed by atoms with E-state index in [1.165, 1.54) is 7.11 Å². The number of carboxylic acids is 1. The van der Waals surface area contributed by atoms with Gasteiger partial charge in [0, 0.05) is 12.3 Å². The third kappa shape index (κ3) is 6.40. The van der Waals surface area contributed by atoms with Crippen LogP contribution in [0.25, 0.3) is 0 Å². The molecule has 0 fully saturated rings. The van der Waals surface area contributed by atoms with Crippen molar-refractivity contribution in [3.05, 3.63) is 17.7 Å². The zero-order valence-corrected chi connectivity index (χ0v) is 16.7. The molecule has 0 bridgehead atoms. The molecule has 0 heterocycles. The van der Waals surface area contributed by atoms with Gasteiger partial charge in [0.15, 0.2) is 0 Å². The fraction of sp³-hybridized carbons (Fsp3) is 0.429. The van der Waals surface area contributed by atoms with Crippen molar-refractivity contribution in [2.24, 2.45) is 10.9 Å². The summed E-state index contributed by atoms with van der Waals surface area (Å²) in [5, 5.41) is 21.1. The second-order valence-corrected chi connectivity index (χ2v) is 6.70. The minimum Gasteiger partial charge on any atom is -0.870 e. The smallest absolute Gasteiger partial charge is 0.870 e. The third-order valence-electron chi connectivity index (χ3n) is 2.95. The van der Waals surface area contributed by atoms with E-state index in [-0.39, 0.29) is 53.2 Å². The number of nitrogens with zero attached hydrogens (tertiary/aromatic N) is 1. The van der Waals surface area contributed by atoms with E-state index in [0.29, 0.717) is 0 Å². The molecule has 0 amide bonds. The van der Waals surface area contributed by atoms with Crippen molar-refractivity contribution in [1.82, 2.24) is 0 Å². The van der Waals surface area contributed by atoms with Crippen molar-refractivity contribution in [1.29, 1.82) is 0 Å². The Labute approximate surface area is 162 Å². The number of rotatable bonds is 7. The van der Waals surface area contributed by atoms with Crippen LogP contribution < -0.4 is 39.4 Å². The van der Waals surface area contributed by atoms with Crippen LogP contribution >= 0.6 is 0 Å². The van der Waals surface area contributed by atoms with Crippen LogP contribution in [-0.4, -0.2) is 43.4 Å². The second-order valence-electron chi connectivity index (χ2n) is 5.28. The Kier molecular flexibility index (Phi) is 8.94. The van der Waals surface area contributed by atoms with Crippen molar-refractivity contribution in [2.45, 2.75) is 31.2 Å². The molecule has 24 heavy (non-hydrogen) atoms. The number of carbonyl (C=O) groups is 1. The average molecular weight is 367 g/mol. The Hall–Kier alpha value is -1.13. The molecular formula is C14H18NNaO7S. The predicted octanol–water partition coefficient (Wildman–Crippen LogP) is -2.06. The molecule has 0 saturated carbocycles. The summed E-state index contributed by atoms with van der Waals surface area (Å²) in [4.78, 5) is 14.4. The first kappa shape index (κ1) is 22.9. The Morgan fingerprint density at radius 3 is 2.42 bits per heavy atom. The zero-order valence-electron chi connectivity index (χ0n) is 13.9. The molecule has 0 aliphatic heterocycles. The third-order valence-corrected chi connectivity index (χ3v) is 3.78. The number of hydrogen-bond donors (Lipinski definition) is 2. The molecule has 128 valence electrons. The fourth-order valence-corrected chi connectivity index (χ4v) is 2.37. The van der Waals surface area contributed by atoms with Gasteiger partial charge in [0.1, 0.15) is 11.8 Å².